The number of aldehydes is 1. The van der Waals surface area contributed by atoms with E-state index in [9.17, 15) is 19.2 Å². The van der Waals surface area contributed by atoms with E-state index in [1.165, 1.54) is 4.90 Å². The highest BCUT2D eigenvalue weighted by Gasteiger charge is 2.39. The first-order valence-corrected chi connectivity index (χ1v) is 17.5. The fourth-order valence-electron chi connectivity index (χ4n) is 6.14. The molecule has 4 heterocycles. The van der Waals surface area contributed by atoms with Gasteiger partial charge in [-0.05, 0) is 50.8 Å². The molecule has 52 heavy (non-hydrogen) atoms. The number of fused-ring (bicyclic) bond motifs is 3. The minimum Gasteiger partial charge on any atom is -0.393 e. The van der Waals surface area contributed by atoms with Crippen LogP contribution in [-0.4, -0.2) is 95.9 Å². The third-order valence-electron chi connectivity index (χ3n) is 9.70. The van der Waals surface area contributed by atoms with Gasteiger partial charge in [-0.2, -0.15) is 5.10 Å². The SMILES string of the molecule is CN/C(N)=C/C(Nc1cccc2c1N(C)C(C)c1c-2cnn1C1CN(C(=O)c2cccc(C(=O)N(C)C)n2)C1)=C(\N)C(=O)NC1CC1.O=CC1CC1. The van der Waals surface area contributed by atoms with Crippen LogP contribution in [-0.2, 0) is 9.59 Å². The van der Waals surface area contributed by atoms with Gasteiger partial charge in [0.15, 0.2) is 0 Å². The molecule has 0 radical (unpaired) electrons. The predicted molar refractivity (Wildman–Crippen MR) is 198 cm³/mol. The highest BCUT2D eigenvalue weighted by molar-refractivity contribution is 5.97. The standard InChI is InChI=1S/C33H41N11O3.C4H6O/c1-18-29-22(15-37-44(29)20-16-43(17-20)33(47)25-11-7-10-24(40-25)32(46)41(3)4)21-8-6-9-23(30(21)42(18)5)39-26(14-27(34)36-2)28(35)31(45)38-19-12-13-19;5-3-4-1-2-4/h6-11,14-15,18-20,36,39H,12-13,16-17,34-35H2,1-5H3,(H,38,45);3-4H,1-2H2/b27-14+,28-26+;. The number of carbonyl (C=O) groups excluding carboxylic acids is 4. The Bertz CT molecular complexity index is 1940. The van der Waals surface area contributed by atoms with Gasteiger partial charge in [0.1, 0.15) is 23.4 Å². The maximum absolute atomic E-state index is 13.3. The van der Waals surface area contributed by atoms with Crippen molar-refractivity contribution in [3.8, 4) is 11.1 Å². The topological polar surface area (TPSA) is 197 Å². The molecule has 2 aromatic heterocycles. The molecule has 2 aliphatic carbocycles. The van der Waals surface area contributed by atoms with Gasteiger partial charge in [-0.15, -0.1) is 0 Å². The number of pyridine rings is 1. The number of amides is 3. The molecule has 274 valence electrons. The molecule has 3 amide bonds. The molecule has 2 aliphatic heterocycles. The van der Waals surface area contributed by atoms with E-state index in [2.05, 4.69) is 32.8 Å². The van der Waals surface area contributed by atoms with Crippen LogP contribution in [0, 0.1) is 5.92 Å². The maximum atomic E-state index is 13.3. The zero-order chi connectivity index (χ0) is 37.3. The van der Waals surface area contributed by atoms with E-state index in [1.807, 2.05) is 36.1 Å². The van der Waals surface area contributed by atoms with Crippen molar-refractivity contribution < 1.29 is 19.2 Å². The molecule has 15 heteroatoms. The van der Waals surface area contributed by atoms with E-state index in [0.717, 1.165) is 60.2 Å². The number of nitrogens with one attached hydrogen (secondary N) is 3. The van der Waals surface area contributed by atoms with Gasteiger partial charge in [0.25, 0.3) is 17.7 Å². The third kappa shape index (κ3) is 7.43. The number of rotatable bonds is 10. The molecule has 3 fully saturated rings. The summed E-state index contributed by atoms with van der Waals surface area (Å²) in [5, 5.41) is 14.0. The minimum absolute atomic E-state index is 0.0121. The van der Waals surface area contributed by atoms with Crippen molar-refractivity contribution in [1.29, 1.82) is 0 Å². The molecule has 4 aliphatic rings. The van der Waals surface area contributed by atoms with Crippen molar-refractivity contribution in [2.75, 3.05) is 51.5 Å². The van der Waals surface area contributed by atoms with Gasteiger partial charge in [-0.3, -0.25) is 19.1 Å². The number of aromatic nitrogens is 3. The molecule has 3 aromatic rings. The molecule has 1 unspecified atom stereocenters. The van der Waals surface area contributed by atoms with Crippen LogP contribution in [0.25, 0.3) is 11.1 Å². The Morgan fingerprint density at radius 1 is 0.981 bits per heavy atom. The second-order valence-electron chi connectivity index (χ2n) is 13.9. The maximum Gasteiger partial charge on any atom is 0.272 e. The Morgan fingerprint density at radius 3 is 2.29 bits per heavy atom. The van der Waals surface area contributed by atoms with E-state index in [-0.39, 0.29) is 52.9 Å². The lowest BCUT2D eigenvalue weighted by Gasteiger charge is -2.42. The third-order valence-corrected chi connectivity index (χ3v) is 9.70. The smallest absolute Gasteiger partial charge is 0.272 e. The second-order valence-corrected chi connectivity index (χ2v) is 13.9. The largest absolute Gasteiger partial charge is 0.393 e. The number of carbonyl (C=O) groups is 4. The van der Waals surface area contributed by atoms with Crippen molar-refractivity contribution in [1.82, 2.24) is 35.2 Å². The molecule has 0 bridgehead atoms. The molecule has 2 saturated carbocycles. The van der Waals surface area contributed by atoms with Crippen LogP contribution in [0.1, 0.15) is 71.4 Å². The molecule has 15 nitrogen and oxygen atoms in total. The average Bonchev–Trinajstić information content (AvgIpc) is 4.07. The first-order chi connectivity index (χ1) is 24.9. The monoisotopic (exact) mass is 709 g/mol. The number of anilines is 2. The van der Waals surface area contributed by atoms with Crippen LogP contribution < -0.4 is 32.3 Å². The Balaban J connectivity index is 0.000000856. The Kier molecular flexibility index (Phi) is 10.2. The first kappa shape index (κ1) is 35.9. The minimum atomic E-state index is -0.344. The number of allylic oxidation sites excluding steroid dienone is 1. The number of para-hydroxylation sites is 1. The molecule has 0 spiro atoms. The Labute approximate surface area is 303 Å². The van der Waals surface area contributed by atoms with Crippen LogP contribution in [0.2, 0.25) is 0 Å². The quantitative estimate of drug-likeness (QED) is 0.118. The van der Waals surface area contributed by atoms with E-state index in [4.69, 9.17) is 16.6 Å². The van der Waals surface area contributed by atoms with Gasteiger partial charge in [0.05, 0.1) is 46.9 Å². The Morgan fingerprint density at radius 2 is 1.67 bits per heavy atom. The van der Waals surface area contributed by atoms with Crippen LogP contribution in [0.4, 0.5) is 11.4 Å². The number of hydrogen-bond acceptors (Lipinski definition) is 11. The van der Waals surface area contributed by atoms with Crippen molar-refractivity contribution in [3.05, 3.63) is 83.0 Å². The van der Waals surface area contributed by atoms with E-state index >= 15 is 0 Å². The van der Waals surface area contributed by atoms with Crippen molar-refractivity contribution >= 4 is 35.4 Å². The number of likely N-dealkylation sites (tertiary alicyclic amines) is 1. The summed E-state index contributed by atoms with van der Waals surface area (Å²) in [5.74, 6) is -0.0136. The number of hydrogen-bond donors (Lipinski definition) is 5. The fraction of sp³-hybridized carbons (Fsp3) is 0.405. The lowest BCUT2D eigenvalue weighted by Crippen LogP contribution is -2.52. The van der Waals surface area contributed by atoms with E-state index in [1.54, 1.807) is 50.3 Å². The highest BCUT2D eigenvalue weighted by atomic mass is 16.2. The van der Waals surface area contributed by atoms with Crippen molar-refractivity contribution in [3.63, 3.8) is 0 Å². The molecule has 1 atom stereocenters. The van der Waals surface area contributed by atoms with E-state index in [0.29, 0.717) is 30.5 Å². The van der Waals surface area contributed by atoms with Gasteiger partial charge >= 0.3 is 0 Å². The number of nitrogens with zero attached hydrogens (tertiary/aromatic N) is 6. The summed E-state index contributed by atoms with van der Waals surface area (Å²) in [4.78, 5) is 57.7. The zero-order valence-electron chi connectivity index (χ0n) is 30.2. The molecule has 7 rings (SSSR count). The zero-order valence-corrected chi connectivity index (χ0v) is 30.2. The van der Waals surface area contributed by atoms with Crippen LogP contribution in [0.15, 0.2) is 65.9 Å². The van der Waals surface area contributed by atoms with Crippen molar-refractivity contribution in [2.24, 2.45) is 17.4 Å². The van der Waals surface area contributed by atoms with E-state index < -0.39 is 0 Å². The van der Waals surface area contributed by atoms with Crippen LogP contribution in [0.3, 0.4) is 0 Å². The highest BCUT2D eigenvalue weighted by Crippen LogP contribution is 2.48. The van der Waals surface area contributed by atoms with Crippen LogP contribution >= 0.6 is 0 Å². The molecule has 1 aromatic carbocycles. The van der Waals surface area contributed by atoms with Gasteiger partial charge < -0.3 is 46.9 Å². The summed E-state index contributed by atoms with van der Waals surface area (Å²) >= 11 is 0. The lowest BCUT2D eigenvalue weighted by molar-refractivity contribution is -0.117. The Hall–Kier alpha value is -5.86. The average molecular weight is 710 g/mol. The first-order valence-electron chi connectivity index (χ1n) is 17.5. The molecule has 7 N–H and O–H groups in total. The van der Waals surface area contributed by atoms with Gasteiger partial charge in [-0.1, -0.05) is 18.2 Å². The molecular weight excluding hydrogens is 662 g/mol. The number of benzene rings is 1. The van der Waals surface area contributed by atoms with Gasteiger partial charge in [0, 0.05) is 70.4 Å². The molecule has 1 saturated heterocycles. The summed E-state index contributed by atoms with van der Waals surface area (Å²) < 4.78 is 2.02. The summed E-state index contributed by atoms with van der Waals surface area (Å²) in [5.41, 5.74) is 18.1. The molecular formula is C37H47N11O4. The summed E-state index contributed by atoms with van der Waals surface area (Å²) in [6.45, 7) is 3.06. The predicted octanol–water partition coefficient (Wildman–Crippen LogP) is 2.33. The van der Waals surface area contributed by atoms with Crippen molar-refractivity contribution in [2.45, 2.75) is 50.7 Å². The van der Waals surface area contributed by atoms with Crippen LogP contribution in [0.5, 0.6) is 0 Å². The van der Waals surface area contributed by atoms with Gasteiger partial charge in [-0.25, -0.2) is 4.98 Å². The van der Waals surface area contributed by atoms with Gasteiger partial charge in [0.2, 0.25) is 0 Å². The summed E-state index contributed by atoms with van der Waals surface area (Å²) in [6, 6.07) is 10.9. The fourth-order valence-corrected chi connectivity index (χ4v) is 6.14. The lowest BCUT2D eigenvalue weighted by atomic mass is 9.93. The second kappa shape index (κ2) is 14.8. The summed E-state index contributed by atoms with van der Waals surface area (Å²) in [7, 11) is 7.02. The number of nitrogens with two attached hydrogens (primary N) is 2. The normalized spacial score (nSPS) is 18.4. The summed E-state index contributed by atoms with van der Waals surface area (Å²) in [6.07, 6.45) is 8.69.